The number of carbonyl (C=O) groups excluding carboxylic acids is 1. The number of rotatable bonds is 2. The summed E-state index contributed by atoms with van der Waals surface area (Å²) < 4.78 is 8.19. The van der Waals surface area contributed by atoms with Crippen LogP contribution in [0.15, 0.2) is 0 Å². The van der Waals surface area contributed by atoms with Crippen molar-refractivity contribution < 1.29 is 40.6 Å². The predicted molar refractivity (Wildman–Crippen MR) is 23.2 cm³/mol. The molecule has 0 saturated heterocycles. The Kier molecular flexibility index (Phi) is 9.95. The molecule has 0 aliphatic carbocycles. The van der Waals surface area contributed by atoms with Crippen molar-refractivity contribution in [3.63, 3.8) is 0 Å². The molecule has 0 unspecified atom stereocenters. The normalized spacial score (nSPS) is 6.80. The molecule has 3 N–H and O–H groups in total. The first kappa shape index (κ1) is 12.0. The van der Waals surface area contributed by atoms with Gasteiger partial charge in [0.25, 0.3) is 0 Å². The summed E-state index contributed by atoms with van der Waals surface area (Å²) in [7, 11) is 0. The fourth-order valence-electron chi connectivity index (χ4n) is 0.165. The first-order valence-electron chi connectivity index (χ1n) is 1.96. The molecule has 0 radical (unpaired) electrons. The predicted octanol–water partition coefficient (Wildman–Crippen LogP) is -1.24. The van der Waals surface area contributed by atoms with E-state index in [0.29, 0.717) is 0 Å². The summed E-state index contributed by atoms with van der Waals surface area (Å²) in [6, 6.07) is 0. The Bertz CT molecular complexity index is 126. The van der Waals surface area contributed by atoms with E-state index in [2.05, 4.69) is 10.7 Å². The molecule has 7 heteroatoms. The van der Waals surface area contributed by atoms with E-state index in [-0.39, 0.29) is 0 Å². The monoisotopic (exact) mass is 186 g/mol. The van der Waals surface area contributed by atoms with E-state index in [4.69, 9.17) is 8.78 Å². The van der Waals surface area contributed by atoms with Crippen LogP contribution >= 0.6 is 0 Å². The molecule has 0 aromatic heterocycles. The summed E-state index contributed by atoms with van der Waals surface area (Å²) in [5.41, 5.74) is 0. The standard InChI is InChI=1S/C3H5NO4.O.V/c4-8-3(7)1-2(5)6;;/h1,4H2,(H,5,6);;. The van der Waals surface area contributed by atoms with Crippen LogP contribution in [0.1, 0.15) is 6.42 Å². The molecule has 10 heavy (non-hydrogen) atoms. The molecule has 0 aromatic carbocycles. The minimum absolute atomic E-state index is 0.684. The number of carboxylic acid groups (broad SMARTS) is 1. The van der Waals surface area contributed by atoms with Gasteiger partial charge in [0, 0.05) is 0 Å². The topological polar surface area (TPSA) is 107 Å². The van der Waals surface area contributed by atoms with Gasteiger partial charge in [0.2, 0.25) is 0 Å². The van der Waals surface area contributed by atoms with E-state index in [0.717, 1.165) is 17.4 Å². The first-order chi connectivity index (χ1) is 4.66. The van der Waals surface area contributed by atoms with Gasteiger partial charge in [-0.05, 0) is 0 Å². The van der Waals surface area contributed by atoms with E-state index >= 15 is 0 Å². The van der Waals surface area contributed by atoms with Gasteiger partial charge in [-0.2, -0.15) is 5.90 Å². The van der Waals surface area contributed by atoms with Gasteiger partial charge in [-0.3, -0.25) is 4.79 Å². The van der Waals surface area contributed by atoms with Gasteiger partial charge in [-0.1, -0.05) is 0 Å². The quantitative estimate of drug-likeness (QED) is 0.412. The molecule has 0 amide bonds. The van der Waals surface area contributed by atoms with Gasteiger partial charge in [-0.15, -0.1) is 0 Å². The van der Waals surface area contributed by atoms with E-state index in [1.54, 1.807) is 0 Å². The van der Waals surface area contributed by atoms with Gasteiger partial charge >= 0.3 is 33.0 Å². The molecule has 0 aromatic rings. The van der Waals surface area contributed by atoms with Crippen molar-refractivity contribution in [2.24, 2.45) is 5.90 Å². The zero-order chi connectivity index (χ0) is 8.57. The third kappa shape index (κ3) is 10.3. The molecule has 0 atom stereocenters. The molecule has 0 saturated carbocycles. The summed E-state index contributed by atoms with van der Waals surface area (Å²) in [5.74, 6) is 2.11. The number of hydrogen-bond acceptors (Lipinski definition) is 5. The van der Waals surface area contributed by atoms with Crippen LogP contribution in [0.2, 0.25) is 0 Å². The maximum absolute atomic E-state index is 9.89. The van der Waals surface area contributed by atoms with Gasteiger partial charge in [0.15, 0.2) is 0 Å². The Balaban J connectivity index is 0. The summed E-state index contributed by atoms with van der Waals surface area (Å²) in [6.45, 7) is 0. The minimum atomic E-state index is -1.25. The number of nitrogens with two attached hydrogens (primary N) is 1. The number of aliphatic carboxylic acids is 1. The molecule has 57 valence electrons. The summed E-state index contributed by atoms with van der Waals surface area (Å²) >= 11 is 1.06. The molecule has 0 heterocycles. The third-order valence-electron chi connectivity index (χ3n) is 0.427. The molecule has 0 aliphatic rings. The Morgan fingerprint density at radius 2 is 1.90 bits per heavy atom. The second kappa shape index (κ2) is 8.28. The van der Waals surface area contributed by atoms with E-state index in [1.807, 2.05) is 0 Å². The number of hydrogen-bond donors (Lipinski definition) is 2. The molecule has 6 nitrogen and oxygen atoms in total. The van der Waals surface area contributed by atoms with Gasteiger partial charge < -0.3 is 9.94 Å². The van der Waals surface area contributed by atoms with Crippen LogP contribution in [-0.4, -0.2) is 17.0 Å². The molecule has 0 bridgehead atoms. The van der Waals surface area contributed by atoms with E-state index in [1.165, 1.54) is 0 Å². The average molecular weight is 186 g/mol. The molecule has 0 fully saturated rings. The van der Waals surface area contributed by atoms with Gasteiger partial charge in [0.1, 0.15) is 6.42 Å². The van der Waals surface area contributed by atoms with E-state index in [9.17, 15) is 9.59 Å². The molecule has 0 rings (SSSR count). The van der Waals surface area contributed by atoms with Crippen LogP contribution in [0.3, 0.4) is 0 Å². The molecular weight excluding hydrogens is 181 g/mol. The van der Waals surface area contributed by atoms with Crippen LogP contribution < -0.4 is 5.90 Å². The molecule has 0 aliphatic heterocycles. The Hall–Kier alpha value is -0.716. The summed E-state index contributed by atoms with van der Waals surface area (Å²) in [4.78, 5) is 23.0. The number of carboxylic acids is 1. The van der Waals surface area contributed by atoms with Gasteiger partial charge in [-0.25, -0.2) is 4.79 Å². The van der Waals surface area contributed by atoms with Crippen LogP contribution in [0.5, 0.6) is 0 Å². The summed E-state index contributed by atoms with van der Waals surface area (Å²) in [6.07, 6.45) is -0.684. The van der Waals surface area contributed by atoms with Crippen molar-refractivity contribution in [1.82, 2.24) is 0 Å². The Morgan fingerprint density at radius 1 is 1.50 bits per heavy atom. The van der Waals surface area contributed by atoms with Crippen molar-refractivity contribution in [3.05, 3.63) is 0 Å². The second-order valence-corrected chi connectivity index (χ2v) is 1.06. The second-order valence-electron chi connectivity index (χ2n) is 1.06. The third-order valence-corrected chi connectivity index (χ3v) is 0.427. The van der Waals surface area contributed by atoms with Crippen LogP contribution in [0.4, 0.5) is 0 Å². The fraction of sp³-hybridized carbons (Fsp3) is 0.333. The van der Waals surface area contributed by atoms with Crippen LogP contribution in [0.25, 0.3) is 0 Å². The van der Waals surface area contributed by atoms with Crippen molar-refractivity contribution in [2.45, 2.75) is 6.42 Å². The van der Waals surface area contributed by atoms with Crippen molar-refractivity contribution in [2.75, 3.05) is 0 Å². The Morgan fingerprint density at radius 3 is 2.00 bits per heavy atom. The van der Waals surface area contributed by atoms with Crippen molar-refractivity contribution in [3.8, 4) is 0 Å². The zero-order valence-electron chi connectivity index (χ0n) is 4.81. The number of carbonyl (C=O) groups is 2. The van der Waals surface area contributed by atoms with E-state index < -0.39 is 18.4 Å². The van der Waals surface area contributed by atoms with Crippen molar-refractivity contribution in [1.29, 1.82) is 0 Å². The molecular formula is C3H5NO5V. The summed E-state index contributed by atoms with van der Waals surface area (Å²) in [5, 5.41) is 7.86. The van der Waals surface area contributed by atoms with Crippen LogP contribution in [-0.2, 0) is 35.5 Å². The van der Waals surface area contributed by atoms with Crippen molar-refractivity contribution >= 4 is 11.9 Å². The van der Waals surface area contributed by atoms with Crippen LogP contribution in [0, 0.1) is 0 Å². The zero-order valence-corrected chi connectivity index (χ0v) is 6.21. The molecule has 0 spiro atoms. The maximum atomic E-state index is 9.89. The average Bonchev–Trinajstić information content (AvgIpc) is 1.91. The first-order valence-corrected chi connectivity index (χ1v) is 2.53. The fourth-order valence-corrected chi connectivity index (χ4v) is 0.165. The Labute approximate surface area is 65.5 Å². The van der Waals surface area contributed by atoms with Gasteiger partial charge in [0.05, 0.1) is 0 Å². The SMILES string of the molecule is NOC(=O)CC(=O)O.[O]=[V].